The molecular weight excluding hydrogens is 546 g/mol. The molecule has 0 heterocycles. The monoisotopic (exact) mass is 581 g/mol. The third-order valence-corrected chi connectivity index (χ3v) is 6.80. The second-order valence-electron chi connectivity index (χ2n) is 9.90. The molecule has 0 radical (unpaired) electrons. The van der Waals surface area contributed by atoms with Gasteiger partial charge in [0.05, 0.1) is 7.11 Å². The predicted molar refractivity (Wildman–Crippen MR) is 166 cm³/mol. The van der Waals surface area contributed by atoms with Gasteiger partial charge in [0.1, 0.15) is 25.0 Å². The normalized spacial score (nSPS) is 11.3. The van der Waals surface area contributed by atoms with Gasteiger partial charge in [-0.15, -0.1) is 0 Å². The van der Waals surface area contributed by atoms with E-state index in [0.717, 1.165) is 11.1 Å². The minimum atomic E-state index is -1.13. The van der Waals surface area contributed by atoms with Crippen LogP contribution in [-0.4, -0.2) is 47.9 Å². The fourth-order valence-electron chi connectivity index (χ4n) is 4.48. The van der Waals surface area contributed by atoms with Gasteiger partial charge in [0.25, 0.3) is 0 Å². The number of nitrogens with two attached hydrogens (primary N) is 2. The fourth-order valence-corrected chi connectivity index (χ4v) is 4.48. The highest BCUT2D eigenvalue weighted by Crippen LogP contribution is 2.33. The summed E-state index contributed by atoms with van der Waals surface area (Å²) in [7, 11) is 1.52. The molecular formula is C33H35N5O5. The van der Waals surface area contributed by atoms with Crippen LogP contribution in [-0.2, 0) is 22.6 Å². The highest BCUT2D eigenvalue weighted by atomic mass is 16.5. The lowest BCUT2D eigenvalue weighted by molar-refractivity contribution is -0.144. The van der Waals surface area contributed by atoms with E-state index >= 15 is 0 Å². The molecule has 1 atom stereocenters. The number of nitrogen functional groups attached to an aromatic ring is 2. The van der Waals surface area contributed by atoms with E-state index in [9.17, 15) is 14.7 Å². The van der Waals surface area contributed by atoms with Crippen molar-refractivity contribution in [2.75, 3.05) is 31.2 Å². The molecule has 43 heavy (non-hydrogen) atoms. The lowest BCUT2D eigenvalue weighted by atomic mass is 10.0. The van der Waals surface area contributed by atoms with Crippen molar-refractivity contribution >= 4 is 29.1 Å². The summed E-state index contributed by atoms with van der Waals surface area (Å²) in [6.45, 7) is 0.0216. The molecule has 0 saturated carbocycles. The maximum Gasteiger partial charge on any atom is 0.323 e. The molecule has 7 N–H and O–H groups in total. The Balaban J connectivity index is 1.64. The molecule has 10 heteroatoms. The van der Waals surface area contributed by atoms with Gasteiger partial charge < -0.3 is 36.3 Å². The van der Waals surface area contributed by atoms with Crippen LogP contribution in [0.25, 0.3) is 0 Å². The number of carbonyl (C=O) groups excluding carboxylic acids is 1. The number of nitrogens with one attached hydrogen (secondary N) is 2. The van der Waals surface area contributed by atoms with Crippen LogP contribution >= 0.6 is 0 Å². The molecule has 0 aliphatic heterocycles. The summed E-state index contributed by atoms with van der Waals surface area (Å²) in [6, 6.07) is 27.9. The number of benzene rings is 4. The van der Waals surface area contributed by atoms with Gasteiger partial charge in [0.2, 0.25) is 5.91 Å². The van der Waals surface area contributed by atoms with Gasteiger partial charge in [-0.2, -0.15) is 0 Å². The molecule has 4 aromatic carbocycles. The second-order valence-corrected chi connectivity index (χ2v) is 9.90. The summed E-state index contributed by atoms with van der Waals surface area (Å²) in [6.07, 6.45) is 0.439. The lowest BCUT2D eigenvalue weighted by Gasteiger charge is -2.28. The Labute approximate surface area is 250 Å². The minimum absolute atomic E-state index is 0.0784. The Kier molecular flexibility index (Phi) is 10.2. The Morgan fingerprint density at radius 1 is 0.930 bits per heavy atom. The number of carboxylic acid groups (broad SMARTS) is 1. The molecule has 0 saturated heterocycles. The molecule has 222 valence electrons. The number of rotatable bonds is 14. The summed E-state index contributed by atoms with van der Waals surface area (Å²) in [4.78, 5) is 27.2. The van der Waals surface area contributed by atoms with Crippen LogP contribution in [0.15, 0.2) is 97.1 Å². The molecule has 0 aromatic heterocycles. The number of carbonyl (C=O) groups is 2. The van der Waals surface area contributed by atoms with Crippen LogP contribution in [0.3, 0.4) is 0 Å². The van der Waals surface area contributed by atoms with Crippen LogP contribution < -0.4 is 26.3 Å². The Hall–Kier alpha value is -5.51. The van der Waals surface area contributed by atoms with Crippen molar-refractivity contribution in [2.45, 2.75) is 19.1 Å². The number of carboxylic acids is 1. The number of nitrogens with zero attached hydrogens (tertiary/aromatic N) is 1. The van der Waals surface area contributed by atoms with E-state index in [1.165, 1.54) is 12.0 Å². The van der Waals surface area contributed by atoms with Gasteiger partial charge in [0.15, 0.2) is 11.5 Å². The number of hydrogen-bond donors (Lipinski definition) is 5. The summed E-state index contributed by atoms with van der Waals surface area (Å²) >= 11 is 0. The maximum absolute atomic E-state index is 14.1. The molecule has 1 unspecified atom stereocenters. The molecule has 4 aromatic rings. The summed E-state index contributed by atoms with van der Waals surface area (Å²) < 4.78 is 11.6. The van der Waals surface area contributed by atoms with Crippen LogP contribution in [0.4, 0.5) is 11.4 Å². The van der Waals surface area contributed by atoms with E-state index in [2.05, 4.69) is 5.32 Å². The molecule has 10 nitrogen and oxygen atoms in total. The molecule has 0 fully saturated rings. The standard InChI is InChI=1S/C33H35N5O5/c1-42-29-19-25(11-16-28(29)43-21-23-5-3-2-4-6-23)31(37-27-14-9-24(10-15-27)32(35)36)33(41)38(20-30(39)40)18-17-22-7-12-26(34)13-8-22/h2-16,19,31,37H,17-18,20-21,34H2,1H3,(H3,35,36)(H,39,40). The number of aliphatic carboxylic acids is 1. The first-order valence-electron chi connectivity index (χ1n) is 13.6. The summed E-state index contributed by atoms with van der Waals surface area (Å²) in [5.41, 5.74) is 15.6. The van der Waals surface area contributed by atoms with Crippen LogP contribution in [0.5, 0.6) is 11.5 Å². The average molecular weight is 582 g/mol. The zero-order valence-electron chi connectivity index (χ0n) is 23.8. The molecule has 0 spiro atoms. The van der Waals surface area contributed by atoms with E-state index in [0.29, 0.717) is 47.0 Å². The van der Waals surface area contributed by atoms with Crippen molar-refractivity contribution in [3.63, 3.8) is 0 Å². The highest BCUT2D eigenvalue weighted by molar-refractivity contribution is 5.95. The zero-order valence-corrected chi connectivity index (χ0v) is 23.8. The highest BCUT2D eigenvalue weighted by Gasteiger charge is 2.28. The number of anilines is 2. The summed E-state index contributed by atoms with van der Waals surface area (Å²) in [5, 5.41) is 20.6. The van der Waals surface area contributed by atoms with Gasteiger partial charge in [-0.05, 0) is 71.6 Å². The van der Waals surface area contributed by atoms with Crippen LogP contribution in [0.1, 0.15) is 28.3 Å². The largest absolute Gasteiger partial charge is 0.493 e. The van der Waals surface area contributed by atoms with Gasteiger partial charge in [-0.25, -0.2) is 0 Å². The molecule has 4 rings (SSSR count). The van der Waals surface area contributed by atoms with Crippen molar-refractivity contribution in [3.8, 4) is 11.5 Å². The van der Waals surface area contributed by atoms with E-state index in [1.54, 1.807) is 54.6 Å². The van der Waals surface area contributed by atoms with Crippen molar-refractivity contribution in [1.29, 1.82) is 5.41 Å². The Morgan fingerprint density at radius 2 is 1.63 bits per heavy atom. The van der Waals surface area contributed by atoms with E-state index < -0.39 is 24.5 Å². The van der Waals surface area contributed by atoms with Gasteiger partial charge >= 0.3 is 5.97 Å². The van der Waals surface area contributed by atoms with Crippen LogP contribution in [0, 0.1) is 5.41 Å². The molecule has 0 bridgehead atoms. The third-order valence-electron chi connectivity index (χ3n) is 6.80. The summed E-state index contributed by atoms with van der Waals surface area (Å²) in [5.74, 6) is -0.722. The Bertz CT molecular complexity index is 1540. The van der Waals surface area contributed by atoms with Crippen molar-refractivity contribution in [2.24, 2.45) is 5.73 Å². The third kappa shape index (κ3) is 8.49. The first-order valence-corrected chi connectivity index (χ1v) is 13.6. The predicted octanol–water partition coefficient (Wildman–Crippen LogP) is 4.45. The first-order chi connectivity index (χ1) is 20.7. The fraction of sp³-hybridized carbons (Fsp3) is 0.182. The first kappa shape index (κ1) is 30.4. The van der Waals surface area contributed by atoms with E-state index in [4.69, 9.17) is 26.4 Å². The molecule has 0 aliphatic carbocycles. The lowest BCUT2D eigenvalue weighted by Crippen LogP contribution is -2.42. The van der Waals surface area contributed by atoms with E-state index in [-0.39, 0.29) is 12.4 Å². The number of ether oxygens (including phenoxy) is 2. The quantitative estimate of drug-likeness (QED) is 0.0828. The maximum atomic E-state index is 14.1. The van der Waals surface area contributed by atoms with Crippen molar-refractivity contribution in [3.05, 3.63) is 119 Å². The average Bonchev–Trinajstić information content (AvgIpc) is 3.02. The van der Waals surface area contributed by atoms with E-state index in [1.807, 2.05) is 42.5 Å². The number of methoxy groups -OCH3 is 1. The van der Waals surface area contributed by atoms with Gasteiger partial charge in [0, 0.05) is 23.5 Å². The molecule has 0 aliphatic rings. The number of amidine groups is 1. The van der Waals surface area contributed by atoms with Crippen molar-refractivity contribution in [1.82, 2.24) is 4.90 Å². The van der Waals surface area contributed by atoms with Crippen molar-refractivity contribution < 1.29 is 24.2 Å². The van der Waals surface area contributed by atoms with Gasteiger partial charge in [-0.3, -0.25) is 15.0 Å². The minimum Gasteiger partial charge on any atom is -0.493 e. The number of hydrogen-bond acceptors (Lipinski definition) is 7. The number of amides is 1. The zero-order chi connectivity index (χ0) is 30.8. The van der Waals surface area contributed by atoms with Crippen LogP contribution in [0.2, 0.25) is 0 Å². The second kappa shape index (κ2) is 14.4. The smallest absolute Gasteiger partial charge is 0.323 e. The van der Waals surface area contributed by atoms with Gasteiger partial charge in [-0.1, -0.05) is 48.5 Å². The molecule has 1 amide bonds. The Morgan fingerprint density at radius 3 is 2.26 bits per heavy atom. The topological polar surface area (TPSA) is 164 Å². The SMILES string of the molecule is COc1cc(C(Nc2ccc(C(=N)N)cc2)C(=O)N(CCc2ccc(N)cc2)CC(=O)O)ccc1OCc1ccccc1.